The van der Waals surface area contributed by atoms with Crippen molar-refractivity contribution in [2.24, 2.45) is 0 Å². The summed E-state index contributed by atoms with van der Waals surface area (Å²) in [6.07, 6.45) is 0. The van der Waals surface area contributed by atoms with Crippen LogP contribution in [0.3, 0.4) is 0 Å². The van der Waals surface area contributed by atoms with Crippen LogP contribution in [0.4, 0.5) is 11.4 Å². The minimum Gasteiger partial charge on any atom is -0.450 e. The Labute approximate surface area is 145 Å². The summed E-state index contributed by atoms with van der Waals surface area (Å²) in [6, 6.07) is 9.99. The van der Waals surface area contributed by atoms with E-state index in [-0.39, 0.29) is 11.4 Å². The first kappa shape index (κ1) is 16.2. The van der Waals surface area contributed by atoms with Crippen molar-refractivity contribution in [2.45, 2.75) is 13.8 Å². The second kappa shape index (κ2) is 6.09. The zero-order valence-corrected chi connectivity index (χ0v) is 14.5. The van der Waals surface area contributed by atoms with Crippen LogP contribution >= 0.6 is 15.9 Å². The first-order chi connectivity index (χ1) is 11.3. The van der Waals surface area contributed by atoms with E-state index >= 15 is 0 Å². The van der Waals surface area contributed by atoms with Crippen LogP contribution in [-0.2, 0) is 0 Å². The van der Waals surface area contributed by atoms with Crippen LogP contribution in [0.2, 0.25) is 0 Å². The van der Waals surface area contributed by atoms with Crippen LogP contribution in [0, 0.1) is 24.0 Å². The number of fused-ring (bicyclic) bond motifs is 1. The molecule has 0 saturated carbocycles. The molecule has 2 aromatic carbocycles. The van der Waals surface area contributed by atoms with Gasteiger partial charge in [-0.25, -0.2) is 0 Å². The van der Waals surface area contributed by atoms with Crippen LogP contribution in [-0.4, -0.2) is 10.8 Å². The Hall–Kier alpha value is -2.67. The van der Waals surface area contributed by atoms with Gasteiger partial charge >= 0.3 is 0 Å². The van der Waals surface area contributed by atoms with Gasteiger partial charge in [-0.2, -0.15) is 0 Å². The topological polar surface area (TPSA) is 85.4 Å². The number of furan rings is 1. The third kappa shape index (κ3) is 3.03. The van der Waals surface area contributed by atoms with Gasteiger partial charge in [0.2, 0.25) is 0 Å². The quantitative estimate of drug-likeness (QED) is 0.506. The molecule has 6 nitrogen and oxygen atoms in total. The number of hydrogen-bond acceptors (Lipinski definition) is 4. The highest BCUT2D eigenvalue weighted by atomic mass is 79.9. The fourth-order valence-electron chi connectivity index (χ4n) is 2.44. The highest BCUT2D eigenvalue weighted by Gasteiger charge is 2.17. The molecule has 3 aromatic rings. The Bertz CT molecular complexity index is 978. The molecule has 1 amide bonds. The van der Waals surface area contributed by atoms with Gasteiger partial charge in [0.25, 0.3) is 11.6 Å². The molecule has 0 aliphatic heterocycles. The molecule has 0 saturated heterocycles. The lowest BCUT2D eigenvalue weighted by Gasteiger charge is -2.04. The monoisotopic (exact) mass is 388 g/mol. The minimum absolute atomic E-state index is 0.0456. The van der Waals surface area contributed by atoms with Crippen molar-refractivity contribution in [3.8, 4) is 0 Å². The standard InChI is InChI=1S/C17H13BrN2O4/c1-9-5-11-7-15(24-16(11)13(18)6-9)17(21)19-12-4-3-10(2)14(8-12)20(22)23/h3-8H,1-2H3,(H,19,21). The van der Waals surface area contributed by atoms with Gasteiger partial charge < -0.3 is 9.73 Å². The average molecular weight is 389 g/mol. The summed E-state index contributed by atoms with van der Waals surface area (Å²) < 4.78 is 6.36. The number of anilines is 1. The molecule has 1 aromatic heterocycles. The number of carbonyl (C=O) groups excluding carboxylic acids is 1. The van der Waals surface area contributed by atoms with E-state index in [0.29, 0.717) is 16.8 Å². The van der Waals surface area contributed by atoms with Gasteiger partial charge in [0, 0.05) is 22.7 Å². The lowest BCUT2D eigenvalue weighted by molar-refractivity contribution is -0.385. The predicted octanol–water partition coefficient (Wildman–Crippen LogP) is 4.97. The summed E-state index contributed by atoms with van der Waals surface area (Å²) in [7, 11) is 0. The van der Waals surface area contributed by atoms with E-state index in [1.54, 1.807) is 25.1 Å². The number of nitro benzene ring substituents is 1. The Morgan fingerprint density at radius 1 is 1.21 bits per heavy atom. The number of hydrogen-bond donors (Lipinski definition) is 1. The number of nitrogens with zero attached hydrogens (tertiary/aromatic N) is 1. The van der Waals surface area contributed by atoms with Gasteiger partial charge in [0.05, 0.1) is 9.40 Å². The van der Waals surface area contributed by atoms with Crippen molar-refractivity contribution in [1.82, 2.24) is 0 Å². The summed E-state index contributed by atoms with van der Waals surface area (Å²) in [5, 5.41) is 14.4. The molecule has 0 bridgehead atoms. The second-order valence-corrected chi connectivity index (χ2v) is 6.34. The minimum atomic E-state index is -0.480. The number of nitrogens with one attached hydrogen (secondary N) is 1. The molecule has 3 rings (SSSR count). The molecule has 0 fully saturated rings. The number of benzene rings is 2. The van der Waals surface area contributed by atoms with E-state index in [1.807, 2.05) is 19.1 Å². The molecule has 122 valence electrons. The van der Waals surface area contributed by atoms with Crippen molar-refractivity contribution in [3.63, 3.8) is 0 Å². The molecular formula is C17H13BrN2O4. The number of carbonyl (C=O) groups is 1. The normalized spacial score (nSPS) is 10.8. The molecular weight excluding hydrogens is 376 g/mol. The van der Waals surface area contributed by atoms with Gasteiger partial charge in [-0.05, 0) is 59.6 Å². The number of rotatable bonds is 3. The summed E-state index contributed by atoms with van der Waals surface area (Å²) in [4.78, 5) is 22.9. The van der Waals surface area contributed by atoms with E-state index in [2.05, 4.69) is 21.2 Å². The number of aryl methyl sites for hydroxylation is 2. The summed E-state index contributed by atoms with van der Waals surface area (Å²) in [5.41, 5.74) is 2.45. The molecule has 0 aliphatic rings. The molecule has 0 aliphatic carbocycles. The van der Waals surface area contributed by atoms with Gasteiger partial charge in [0.1, 0.15) is 5.58 Å². The van der Waals surface area contributed by atoms with Crippen LogP contribution in [0.15, 0.2) is 45.3 Å². The number of amides is 1. The van der Waals surface area contributed by atoms with Crippen molar-refractivity contribution in [2.75, 3.05) is 5.32 Å². The zero-order valence-electron chi connectivity index (χ0n) is 12.9. The third-order valence-electron chi connectivity index (χ3n) is 3.60. The highest BCUT2D eigenvalue weighted by molar-refractivity contribution is 9.10. The molecule has 0 radical (unpaired) electrons. The summed E-state index contributed by atoms with van der Waals surface area (Å²) in [5.74, 6) is -0.326. The fourth-order valence-corrected chi connectivity index (χ4v) is 3.11. The maximum atomic E-state index is 12.4. The van der Waals surface area contributed by atoms with Crippen molar-refractivity contribution in [1.29, 1.82) is 0 Å². The fraction of sp³-hybridized carbons (Fsp3) is 0.118. The lowest BCUT2D eigenvalue weighted by Crippen LogP contribution is -2.11. The van der Waals surface area contributed by atoms with Crippen molar-refractivity contribution >= 4 is 44.2 Å². The third-order valence-corrected chi connectivity index (χ3v) is 4.19. The number of halogens is 1. The predicted molar refractivity (Wildman–Crippen MR) is 94.4 cm³/mol. The molecule has 7 heteroatoms. The van der Waals surface area contributed by atoms with Crippen LogP contribution in [0.25, 0.3) is 11.0 Å². The molecule has 24 heavy (non-hydrogen) atoms. The Kier molecular flexibility index (Phi) is 4.11. The highest BCUT2D eigenvalue weighted by Crippen LogP contribution is 2.29. The maximum Gasteiger partial charge on any atom is 0.291 e. The maximum absolute atomic E-state index is 12.4. The Morgan fingerprint density at radius 2 is 1.96 bits per heavy atom. The van der Waals surface area contributed by atoms with Gasteiger partial charge in [-0.1, -0.05) is 6.07 Å². The zero-order chi connectivity index (χ0) is 17.4. The van der Waals surface area contributed by atoms with Gasteiger partial charge in [-0.15, -0.1) is 0 Å². The SMILES string of the molecule is Cc1cc(Br)c2oc(C(=O)Nc3ccc(C)c([N+](=O)[O-])c3)cc2c1. The first-order valence-corrected chi connectivity index (χ1v) is 7.90. The molecule has 0 unspecified atom stereocenters. The van der Waals surface area contributed by atoms with Gasteiger partial charge in [-0.3, -0.25) is 14.9 Å². The second-order valence-electron chi connectivity index (χ2n) is 5.49. The largest absolute Gasteiger partial charge is 0.450 e. The molecule has 0 atom stereocenters. The van der Waals surface area contributed by atoms with Crippen LogP contribution in [0.1, 0.15) is 21.7 Å². The van der Waals surface area contributed by atoms with Crippen LogP contribution < -0.4 is 5.32 Å². The Morgan fingerprint density at radius 3 is 2.67 bits per heavy atom. The van der Waals surface area contributed by atoms with Crippen molar-refractivity contribution in [3.05, 3.63) is 67.9 Å². The smallest absolute Gasteiger partial charge is 0.291 e. The first-order valence-electron chi connectivity index (χ1n) is 7.11. The van der Waals surface area contributed by atoms with E-state index < -0.39 is 10.8 Å². The Balaban J connectivity index is 1.92. The molecule has 1 N–H and O–H groups in total. The lowest BCUT2D eigenvalue weighted by atomic mass is 10.1. The van der Waals surface area contributed by atoms with E-state index in [9.17, 15) is 14.9 Å². The van der Waals surface area contributed by atoms with Crippen LogP contribution in [0.5, 0.6) is 0 Å². The number of nitro groups is 1. The molecule has 1 heterocycles. The van der Waals surface area contributed by atoms with Crippen molar-refractivity contribution < 1.29 is 14.1 Å². The molecule has 0 spiro atoms. The average Bonchev–Trinajstić information content (AvgIpc) is 2.93. The van der Waals surface area contributed by atoms with Gasteiger partial charge in [0.15, 0.2) is 5.76 Å². The van der Waals surface area contributed by atoms with E-state index in [4.69, 9.17) is 4.42 Å². The van der Waals surface area contributed by atoms with E-state index in [1.165, 1.54) is 6.07 Å². The summed E-state index contributed by atoms with van der Waals surface area (Å²) >= 11 is 3.41. The van der Waals surface area contributed by atoms with E-state index in [0.717, 1.165) is 15.4 Å². The summed E-state index contributed by atoms with van der Waals surface area (Å²) in [6.45, 7) is 3.59.